The zero-order chi connectivity index (χ0) is 14.3. The van der Waals surface area contributed by atoms with Crippen LogP contribution < -0.4 is 9.47 Å². The Labute approximate surface area is 116 Å². The molecule has 0 atom stereocenters. The second-order valence-electron chi connectivity index (χ2n) is 3.93. The van der Waals surface area contributed by atoms with Crippen LogP contribution in [0.1, 0.15) is 19.4 Å². The Balaban J connectivity index is 0.000000861. The fourth-order valence-corrected chi connectivity index (χ4v) is 1.77. The number of hydrogen-bond acceptors (Lipinski definition) is 2. The highest BCUT2D eigenvalue weighted by molar-refractivity contribution is 5.71. The predicted molar refractivity (Wildman–Crippen MR) is 81.1 cm³/mol. The third kappa shape index (κ3) is 3.75. The van der Waals surface area contributed by atoms with Gasteiger partial charge in [0, 0.05) is 11.6 Å². The molecule has 0 aromatic heterocycles. The van der Waals surface area contributed by atoms with Gasteiger partial charge >= 0.3 is 0 Å². The van der Waals surface area contributed by atoms with Gasteiger partial charge in [0.05, 0.1) is 14.2 Å². The van der Waals surface area contributed by atoms with E-state index in [9.17, 15) is 0 Å². The number of rotatable bonds is 3. The Morgan fingerprint density at radius 2 is 1.42 bits per heavy atom. The summed E-state index contributed by atoms with van der Waals surface area (Å²) in [5.41, 5.74) is 3.48. The first-order chi connectivity index (χ1) is 9.24. The van der Waals surface area contributed by atoms with E-state index in [2.05, 4.69) is 31.2 Å². The molecular weight excluding hydrogens is 236 g/mol. The minimum absolute atomic E-state index is 0.803. The van der Waals surface area contributed by atoms with E-state index in [1.165, 1.54) is 5.56 Å². The number of ether oxygens (including phenoxy) is 2. The maximum absolute atomic E-state index is 5.39. The molecule has 2 nitrogen and oxygen atoms in total. The van der Waals surface area contributed by atoms with E-state index < -0.39 is 0 Å². The second kappa shape index (κ2) is 7.47. The minimum atomic E-state index is 0.803. The molecule has 0 bridgehead atoms. The van der Waals surface area contributed by atoms with Gasteiger partial charge in [-0.05, 0) is 24.6 Å². The fraction of sp³-hybridized carbons (Fsp3) is 0.294. The maximum Gasteiger partial charge on any atom is 0.130 e. The topological polar surface area (TPSA) is 18.5 Å². The van der Waals surface area contributed by atoms with E-state index in [1.807, 2.05) is 32.0 Å². The summed E-state index contributed by atoms with van der Waals surface area (Å²) < 4.78 is 10.6. The predicted octanol–water partition coefficient (Wildman–Crippen LogP) is 4.71. The largest absolute Gasteiger partial charge is 0.497 e. The zero-order valence-electron chi connectivity index (χ0n) is 12.4. The van der Waals surface area contributed by atoms with E-state index in [0.29, 0.717) is 0 Å². The van der Waals surface area contributed by atoms with Crippen LogP contribution in [0, 0.1) is 6.92 Å². The fourth-order valence-electron chi connectivity index (χ4n) is 1.77. The summed E-state index contributed by atoms with van der Waals surface area (Å²) in [6.07, 6.45) is 0. The van der Waals surface area contributed by atoms with E-state index in [4.69, 9.17) is 9.47 Å². The summed E-state index contributed by atoms with van der Waals surface area (Å²) in [4.78, 5) is 0. The molecular formula is C17H22O2. The molecule has 2 aromatic rings. The van der Waals surface area contributed by atoms with Crippen LogP contribution in [0.3, 0.4) is 0 Å². The average Bonchev–Trinajstić information content (AvgIpc) is 2.49. The van der Waals surface area contributed by atoms with Crippen molar-refractivity contribution in [2.24, 2.45) is 0 Å². The van der Waals surface area contributed by atoms with Gasteiger partial charge in [0.25, 0.3) is 0 Å². The van der Waals surface area contributed by atoms with E-state index in [1.54, 1.807) is 14.2 Å². The van der Waals surface area contributed by atoms with Crippen LogP contribution in [0.25, 0.3) is 11.1 Å². The van der Waals surface area contributed by atoms with E-state index in [0.717, 1.165) is 22.6 Å². The lowest BCUT2D eigenvalue weighted by Crippen LogP contribution is -1.90. The van der Waals surface area contributed by atoms with Crippen LogP contribution in [0.5, 0.6) is 11.5 Å². The highest BCUT2D eigenvalue weighted by atomic mass is 16.5. The van der Waals surface area contributed by atoms with Gasteiger partial charge < -0.3 is 9.47 Å². The van der Waals surface area contributed by atoms with Crippen molar-refractivity contribution in [3.8, 4) is 22.6 Å². The smallest absolute Gasteiger partial charge is 0.130 e. The molecule has 0 unspecified atom stereocenters. The summed E-state index contributed by atoms with van der Waals surface area (Å²) in [6, 6.07) is 14.2. The Kier molecular flexibility index (Phi) is 5.94. The van der Waals surface area contributed by atoms with Crippen molar-refractivity contribution in [1.29, 1.82) is 0 Å². The third-order valence-corrected chi connectivity index (χ3v) is 2.77. The molecule has 0 aliphatic heterocycles. The van der Waals surface area contributed by atoms with Gasteiger partial charge in [-0.25, -0.2) is 0 Å². The Hall–Kier alpha value is -1.96. The molecule has 19 heavy (non-hydrogen) atoms. The molecule has 0 heterocycles. The maximum atomic E-state index is 5.39. The second-order valence-corrected chi connectivity index (χ2v) is 3.93. The lowest BCUT2D eigenvalue weighted by atomic mass is 10.0. The summed E-state index contributed by atoms with van der Waals surface area (Å²) in [5, 5.41) is 0. The van der Waals surface area contributed by atoms with Crippen LogP contribution in [-0.4, -0.2) is 14.2 Å². The van der Waals surface area contributed by atoms with Gasteiger partial charge in [0.15, 0.2) is 0 Å². The Bertz CT molecular complexity index is 501. The van der Waals surface area contributed by atoms with Gasteiger partial charge in [-0.3, -0.25) is 0 Å². The lowest BCUT2D eigenvalue weighted by Gasteiger charge is -2.10. The first kappa shape index (κ1) is 15.1. The van der Waals surface area contributed by atoms with E-state index >= 15 is 0 Å². The van der Waals surface area contributed by atoms with Crippen LogP contribution in [0.15, 0.2) is 42.5 Å². The standard InChI is InChI=1S/C15H16O2.C2H6/c1-11-4-6-12(7-5-11)14-9-8-13(16-2)10-15(14)17-3;1-2/h4-10H,1-3H3;1-2H3. The van der Waals surface area contributed by atoms with Gasteiger partial charge in [-0.15, -0.1) is 0 Å². The zero-order valence-corrected chi connectivity index (χ0v) is 12.4. The van der Waals surface area contributed by atoms with Gasteiger partial charge in [0.1, 0.15) is 11.5 Å². The molecule has 0 saturated carbocycles. The summed E-state index contributed by atoms with van der Waals surface area (Å²) >= 11 is 0. The van der Waals surface area contributed by atoms with Crippen molar-refractivity contribution in [1.82, 2.24) is 0 Å². The Morgan fingerprint density at radius 3 is 1.95 bits per heavy atom. The van der Waals surface area contributed by atoms with Crippen molar-refractivity contribution < 1.29 is 9.47 Å². The monoisotopic (exact) mass is 258 g/mol. The average molecular weight is 258 g/mol. The first-order valence-corrected chi connectivity index (χ1v) is 6.53. The molecule has 2 aromatic carbocycles. The lowest BCUT2D eigenvalue weighted by molar-refractivity contribution is 0.395. The highest BCUT2D eigenvalue weighted by Gasteiger charge is 2.06. The molecule has 0 fully saturated rings. The normalized spacial score (nSPS) is 9.32. The summed E-state index contributed by atoms with van der Waals surface area (Å²) in [6.45, 7) is 6.08. The first-order valence-electron chi connectivity index (χ1n) is 6.53. The number of hydrogen-bond donors (Lipinski definition) is 0. The molecule has 2 rings (SSSR count). The van der Waals surface area contributed by atoms with Crippen LogP contribution in [0.2, 0.25) is 0 Å². The molecule has 102 valence electrons. The molecule has 0 radical (unpaired) electrons. The molecule has 0 aliphatic rings. The SMILES string of the molecule is CC.COc1ccc(-c2ccc(C)cc2)c(OC)c1. The Morgan fingerprint density at radius 1 is 0.789 bits per heavy atom. The third-order valence-electron chi connectivity index (χ3n) is 2.77. The van der Waals surface area contributed by atoms with E-state index in [-0.39, 0.29) is 0 Å². The van der Waals surface area contributed by atoms with Crippen molar-refractivity contribution in [3.63, 3.8) is 0 Å². The summed E-state index contributed by atoms with van der Waals surface area (Å²) in [7, 11) is 3.33. The van der Waals surface area contributed by atoms with Crippen LogP contribution in [-0.2, 0) is 0 Å². The molecule has 0 N–H and O–H groups in total. The quantitative estimate of drug-likeness (QED) is 0.794. The van der Waals surface area contributed by atoms with Crippen molar-refractivity contribution in [3.05, 3.63) is 48.0 Å². The molecule has 2 heteroatoms. The number of benzene rings is 2. The minimum Gasteiger partial charge on any atom is -0.497 e. The van der Waals surface area contributed by atoms with Crippen LogP contribution in [0.4, 0.5) is 0 Å². The van der Waals surface area contributed by atoms with Gasteiger partial charge in [0.2, 0.25) is 0 Å². The van der Waals surface area contributed by atoms with Crippen molar-refractivity contribution in [2.45, 2.75) is 20.8 Å². The highest BCUT2D eigenvalue weighted by Crippen LogP contribution is 2.33. The molecule has 0 saturated heterocycles. The van der Waals surface area contributed by atoms with Crippen molar-refractivity contribution in [2.75, 3.05) is 14.2 Å². The van der Waals surface area contributed by atoms with Crippen LogP contribution >= 0.6 is 0 Å². The molecule has 0 aliphatic carbocycles. The summed E-state index contributed by atoms with van der Waals surface area (Å²) in [5.74, 6) is 1.63. The van der Waals surface area contributed by atoms with Gasteiger partial charge in [-0.1, -0.05) is 43.7 Å². The van der Waals surface area contributed by atoms with Crippen molar-refractivity contribution >= 4 is 0 Å². The number of methoxy groups -OCH3 is 2. The van der Waals surface area contributed by atoms with Gasteiger partial charge in [-0.2, -0.15) is 0 Å². The molecule has 0 spiro atoms. The molecule has 0 amide bonds. The number of aryl methyl sites for hydroxylation is 1.